The molecule has 1 heterocycles. The highest BCUT2D eigenvalue weighted by Crippen LogP contribution is 2.17. The molecule has 4 nitrogen and oxygen atoms in total. The average molecular weight is 317 g/mol. The smallest absolute Gasteiger partial charge is 0.338 e. The number of nitrogens with zero attached hydrogens (tertiary/aromatic N) is 1. The second-order valence-corrected chi connectivity index (χ2v) is 6.46. The molecular weight excluding hydrogens is 298 g/mol. The first kappa shape index (κ1) is 16.2. The maximum absolute atomic E-state index is 12.3. The Kier molecular flexibility index (Phi) is 5.33. The van der Waals surface area contributed by atoms with Crippen molar-refractivity contribution in [3.8, 4) is 0 Å². The van der Waals surface area contributed by atoms with Crippen LogP contribution in [0.1, 0.15) is 25.7 Å². The van der Waals surface area contributed by atoms with Gasteiger partial charge in [-0.25, -0.2) is 4.79 Å². The average Bonchev–Trinajstić information content (AvgIpc) is 2.92. The predicted molar refractivity (Wildman–Crippen MR) is 87.0 cm³/mol. The second kappa shape index (κ2) is 7.22. The molecule has 0 bridgehead atoms. The number of rotatable bonds is 5. The SMILES string of the molecule is COC(=O)c1ccccc1CN(C)C(=O)Cc1ccc(C)s1. The van der Waals surface area contributed by atoms with Crippen LogP contribution in [-0.4, -0.2) is 30.9 Å². The van der Waals surface area contributed by atoms with Crippen molar-refractivity contribution in [1.82, 2.24) is 4.90 Å². The van der Waals surface area contributed by atoms with E-state index in [-0.39, 0.29) is 11.9 Å². The molecule has 1 aromatic carbocycles. The Balaban J connectivity index is 2.07. The maximum Gasteiger partial charge on any atom is 0.338 e. The molecule has 0 aliphatic rings. The zero-order valence-corrected chi connectivity index (χ0v) is 13.8. The summed E-state index contributed by atoms with van der Waals surface area (Å²) in [4.78, 5) is 27.9. The van der Waals surface area contributed by atoms with Crippen molar-refractivity contribution >= 4 is 23.2 Å². The molecule has 0 spiro atoms. The van der Waals surface area contributed by atoms with E-state index in [1.54, 1.807) is 35.4 Å². The summed E-state index contributed by atoms with van der Waals surface area (Å²) in [6.45, 7) is 2.41. The molecule has 0 aliphatic heterocycles. The lowest BCUT2D eigenvalue weighted by atomic mass is 10.1. The number of esters is 1. The minimum absolute atomic E-state index is 0.0292. The number of likely N-dealkylation sites (N-methyl/N-ethyl adjacent to an activating group) is 1. The minimum atomic E-state index is -0.384. The summed E-state index contributed by atoms with van der Waals surface area (Å²) in [5.41, 5.74) is 1.28. The van der Waals surface area contributed by atoms with E-state index in [0.29, 0.717) is 18.5 Å². The topological polar surface area (TPSA) is 46.6 Å². The number of methoxy groups -OCH3 is 1. The highest BCUT2D eigenvalue weighted by atomic mass is 32.1. The molecule has 2 aromatic rings. The van der Waals surface area contributed by atoms with Crippen molar-refractivity contribution in [1.29, 1.82) is 0 Å². The lowest BCUT2D eigenvalue weighted by Crippen LogP contribution is -2.28. The number of carbonyl (C=O) groups is 2. The van der Waals surface area contributed by atoms with Crippen LogP contribution < -0.4 is 0 Å². The van der Waals surface area contributed by atoms with Crippen LogP contribution in [0.5, 0.6) is 0 Å². The first-order valence-electron chi connectivity index (χ1n) is 6.96. The van der Waals surface area contributed by atoms with E-state index < -0.39 is 0 Å². The van der Waals surface area contributed by atoms with Crippen LogP contribution in [0, 0.1) is 6.92 Å². The van der Waals surface area contributed by atoms with Crippen molar-refractivity contribution in [3.05, 3.63) is 57.3 Å². The van der Waals surface area contributed by atoms with E-state index in [2.05, 4.69) is 0 Å². The quantitative estimate of drug-likeness (QED) is 0.796. The Bertz CT molecular complexity index is 678. The Morgan fingerprint density at radius 2 is 1.91 bits per heavy atom. The Labute approximate surface area is 134 Å². The standard InChI is InChI=1S/C17H19NO3S/c1-12-8-9-14(22-12)10-16(19)18(2)11-13-6-4-5-7-15(13)17(20)21-3/h4-9H,10-11H2,1-3H3. The predicted octanol–water partition coefficient (Wildman–Crippen LogP) is 3.04. The number of ether oxygens (including phenoxy) is 1. The molecule has 0 unspecified atom stereocenters. The Morgan fingerprint density at radius 1 is 1.18 bits per heavy atom. The monoisotopic (exact) mass is 317 g/mol. The molecule has 5 heteroatoms. The van der Waals surface area contributed by atoms with Crippen LogP contribution in [0.25, 0.3) is 0 Å². The summed E-state index contributed by atoms with van der Waals surface area (Å²) in [5, 5.41) is 0. The fraction of sp³-hybridized carbons (Fsp3) is 0.294. The largest absolute Gasteiger partial charge is 0.465 e. The molecule has 0 atom stereocenters. The molecule has 2 rings (SSSR count). The number of carbonyl (C=O) groups excluding carboxylic acids is 2. The Morgan fingerprint density at radius 3 is 2.55 bits per heavy atom. The van der Waals surface area contributed by atoms with Crippen LogP contribution in [0.2, 0.25) is 0 Å². The highest BCUT2D eigenvalue weighted by Gasteiger charge is 2.16. The molecule has 0 aliphatic carbocycles. The van der Waals surface area contributed by atoms with Crippen molar-refractivity contribution in [2.75, 3.05) is 14.2 Å². The van der Waals surface area contributed by atoms with Crippen molar-refractivity contribution in [2.24, 2.45) is 0 Å². The first-order chi connectivity index (χ1) is 10.5. The van der Waals surface area contributed by atoms with Crippen LogP contribution >= 0.6 is 11.3 Å². The molecule has 22 heavy (non-hydrogen) atoms. The fourth-order valence-corrected chi connectivity index (χ4v) is 3.06. The third-order valence-corrected chi connectivity index (χ3v) is 4.38. The van der Waals surface area contributed by atoms with Gasteiger partial charge in [-0.2, -0.15) is 0 Å². The lowest BCUT2D eigenvalue weighted by molar-refractivity contribution is -0.129. The van der Waals surface area contributed by atoms with Gasteiger partial charge in [0.1, 0.15) is 0 Å². The van der Waals surface area contributed by atoms with Crippen LogP contribution in [0.3, 0.4) is 0 Å². The lowest BCUT2D eigenvalue weighted by Gasteiger charge is -2.18. The van der Waals surface area contributed by atoms with E-state index in [9.17, 15) is 9.59 Å². The number of aryl methyl sites for hydroxylation is 1. The van der Waals surface area contributed by atoms with Crippen molar-refractivity contribution < 1.29 is 14.3 Å². The molecule has 0 saturated heterocycles. The summed E-state index contributed by atoms with van der Waals surface area (Å²) in [6.07, 6.45) is 0.384. The minimum Gasteiger partial charge on any atom is -0.465 e. The zero-order valence-electron chi connectivity index (χ0n) is 13.0. The molecular formula is C17H19NO3S. The fourth-order valence-electron chi connectivity index (χ4n) is 2.18. The van der Waals surface area contributed by atoms with Gasteiger partial charge in [-0.05, 0) is 30.7 Å². The molecule has 1 amide bonds. The number of hydrogen-bond acceptors (Lipinski definition) is 4. The van der Waals surface area contributed by atoms with Gasteiger partial charge >= 0.3 is 5.97 Å². The van der Waals surface area contributed by atoms with Gasteiger partial charge in [0, 0.05) is 23.3 Å². The normalized spacial score (nSPS) is 10.3. The van der Waals surface area contributed by atoms with E-state index in [4.69, 9.17) is 4.74 Å². The molecule has 0 radical (unpaired) electrons. The molecule has 0 saturated carbocycles. The molecule has 1 aromatic heterocycles. The molecule has 116 valence electrons. The number of thiophene rings is 1. The van der Waals surface area contributed by atoms with Crippen LogP contribution in [-0.2, 0) is 22.5 Å². The van der Waals surface area contributed by atoms with Gasteiger partial charge in [-0.15, -0.1) is 11.3 Å². The van der Waals surface area contributed by atoms with E-state index in [1.807, 2.05) is 31.2 Å². The third kappa shape index (κ3) is 3.95. The first-order valence-corrected chi connectivity index (χ1v) is 7.78. The third-order valence-electron chi connectivity index (χ3n) is 3.38. The summed E-state index contributed by atoms with van der Waals surface area (Å²) < 4.78 is 4.78. The summed E-state index contributed by atoms with van der Waals surface area (Å²) >= 11 is 1.63. The molecule has 0 N–H and O–H groups in total. The van der Waals surface area contributed by atoms with E-state index in [1.165, 1.54) is 12.0 Å². The van der Waals surface area contributed by atoms with Gasteiger partial charge in [0.25, 0.3) is 0 Å². The van der Waals surface area contributed by atoms with Gasteiger partial charge in [-0.1, -0.05) is 18.2 Å². The number of benzene rings is 1. The van der Waals surface area contributed by atoms with Gasteiger partial charge in [0.15, 0.2) is 0 Å². The number of hydrogen-bond donors (Lipinski definition) is 0. The molecule has 0 fully saturated rings. The van der Waals surface area contributed by atoms with Crippen molar-refractivity contribution in [2.45, 2.75) is 19.9 Å². The van der Waals surface area contributed by atoms with Crippen molar-refractivity contribution in [3.63, 3.8) is 0 Å². The van der Waals surface area contributed by atoms with Gasteiger partial charge in [-0.3, -0.25) is 4.79 Å². The maximum atomic E-state index is 12.3. The number of amides is 1. The van der Waals surface area contributed by atoms with E-state index in [0.717, 1.165) is 10.4 Å². The summed E-state index contributed by atoms with van der Waals surface area (Å²) in [6, 6.07) is 11.2. The van der Waals surface area contributed by atoms with Gasteiger partial charge in [0.2, 0.25) is 5.91 Å². The zero-order chi connectivity index (χ0) is 16.1. The van der Waals surface area contributed by atoms with E-state index >= 15 is 0 Å². The Hall–Kier alpha value is -2.14. The van der Waals surface area contributed by atoms with Crippen LogP contribution in [0.15, 0.2) is 36.4 Å². The van der Waals surface area contributed by atoms with Gasteiger partial charge < -0.3 is 9.64 Å². The van der Waals surface area contributed by atoms with Crippen LogP contribution in [0.4, 0.5) is 0 Å². The summed E-state index contributed by atoms with van der Waals surface area (Å²) in [7, 11) is 3.10. The van der Waals surface area contributed by atoms with Gasteiger partial charge in [0.05, 0.1) is 19.1 Å². The summed E-state index contributed by atoms with van der Waals surface area (Å²) in [5.74, 6) is -0.355. The highest BCUT2D eigenvalue weighted by molar-refractivity contribution is 7.12. The second-order valence-electron chi connectivity index (χ2n) is 5.09.